The molecule has 104 valence electrons. The highest BCUT2D eigenvalue weighted by atomic mass is 16.5. The first kappa shape index (κ1) is 15.3. The van der Waals surface area contributed by atoms with E-state index >= 15 is 0 Å². The standard InChI is InChI=1S/C16H28O2/c1-12(2)11-15-7-5-14(6-8-15)9-10-18-16(17)13(3)4/h12,14-15H,3,5-11H2,1-2,4H3. The Morgan fingerprint density at radius 1 is 1.22 bits per heavy atom. The first-order valence-corrected chi connectivity index (χ1v) is 7.31. The Morgan fingerprint density at radius 2 is 1.78 bits per heavy atom. The second-order valence-corrected chi connectivity index (χ2v) is 6.22. The van der Waals surface area contributed by atoms with Gasteiger partial charge in [0.1, 0.15) is 0 Å². The van der Waals surface area contributed by atoms with Gasteiger partial charge in [0.25, 0.3) is 0 Å². The van der Waals surface area contributed by atoms with Crippen LogP contribution in [0.25, 0.3) is 0 Å². The molecule has 0 radical (unpaired) electrons. The fourth-order valence-electron chi connectivity index (χ4n) is 2.86. The van der Waals surface area contributed by atoms with Crippen LogP contribution in [0.4, 0.5) is 0 Å². The van der Waals surface area contributed by atoms with Gasteiger partial charge < -0.3 is 4.74 Å². The van der Waals surface area contributed by atoms with Crippen LogP contribution in [0.1, 0.15) is 59.3 Å². The average Bonchev–Trinajstić information content (AvgIpc) is 2.30. The van der Waals surface area contributed by atoms with Gasteiger partial charge in [-0.2, -0.15) is 0 Å². The van der Waals surface area contributed by atoms with E-state index in [2.05, 4.69) is 20.4 Å². The van der Waals surface area contributed by atoms with E-state index in [0.717, 1.165) is 24.2 Å². The van der Waals surface area contributed by atoms with Crippen molar-refractivity contribution in [3.05, 3.63) is 12.2 Å². The highest BCUT2D eigenvalue weighted by Gasteiger charge is 2.21. The SMILES string of the molecule is C=C(C)C(=O)OCCC1CCC(CC(C)C)CC1. The summed E-state index contributed by atoms with van der Waals surface area (Å²) in [6.45, 7) is 10.5. The fourth-order valence-corrected chi connectivity index (χ4v) is 2.86. The topological polar surface area (TPSA) is 26.3 Å². The molecule has 0 bridgehead atoms. The molecule has 0 aromatic heterocycles. The lowest BCUT2D eigenvalue weighted by Crippen LogP contribution is -2.18. The molecule has 18 heavy (non-hydrogen) atoms. The zero-order chi connectivity index (χ0) is 13.5. The van der Waals surface area contributed by atoms with Crippen LogP contribution in [0.2, 0.25) is 0 Å². The van der Waals surface area contributed by atoms with Crippen molar-refractivity contribution in [3.8, 4) is 0 Å². The summed E-state index contributed by atoms with van der Waals surface area (Å²) in [7, 11) is 0. The Hall–Kier alpha value is -0.790. The summed E-state index contributed by atoms with van der Waals surface area (Å²) < 4.78 is 5.16. The maximum absolute atomic E-state index is 11.2. The normalized spacial score (nSPS) is 24.0. The molecule has 1 saturated carbocycles. The highest BCUT2D eigenvalue weighted by molar-refractivity contribution is 5.86. The minimum absolute atomic E-state index is 0.247. The van der Waals surface area contributed by atoms with Crippen molar-refractivity contribution < 1.29 is 9.53 Å². The van der Waals surface area contributed by atoms with Gasteiger partial charge in [0.15, 0.2) is 0 Å². The van der Waals surface area contributed by atoms with Crippen molar-refractivity contribution in [2.24, 2.45) is 17.8 Å². The highest BCUT2D eigenvalue weighted by Crippen LogP contribution is 2.34. The summed E-state index contributed by atoms with van der Waals surface area (Å²) in [5, 5.41) is 0. The first-order chi connectivity index (χ1) is 8.49. The predicted molar refractivity (Wildman–Crippen MR) is 75.3 cm³/mol. The molecule has 0 heterocycles. The molecule has 1 fully saturated rings. The number of carbonyl (C=O) groups excluding carboxylic acids is 1. The third-order valence-electron chi connectivity index (χ3n) is 3.88. The second kappa shape index (κ2) is 7.60. The van der Waals surface area contributed by atoms with Crippen molar-refractivity contribution in [2.75, 3.05) is 6.61 Å². The minimum atomic E-state index is -0.247. The lowest BCUT2D eigenvalue weighted by molar-refractivity contribution is -0.139. The van der Waals surface area contributed by atoms with Crippen molar-refractivity contribution >= 4 is 5.97 Å². The van der Waals surface area contributed by atoms with Gasteiger partial charge in [-0.15, -0.1) is 0 Å². The number of hydrogen-bond donors (Lipinski definition) is 0. The van der Waals surface area contributed by atoms with Crippen molar-refractivity contribution in [3.63, 3.8) is 0 Å². The molecule has 0 aromatic rings. The van der Waals surface area contributed by atoms with Crippen LogP contribution in [0.15, 0.2) is 12.2 Å². The number of esters is 1. The molecule has 0 saturated heterocycles. The van der Waals surface area contributed by atoms with E-state index in [9.17, 15) is 4.79 Å². The smallest absolute Gasteiger partial charge is 0.333 e. The maximum Gasteiger partial charge on any atom is 0.333 e. The number of rotatable bonds is 6. The van der Waals surface area contributed by atoms with Gasteiger partial charge in [-0.3, -0.25) is 0 Å². The average molecular weight is 252 g/mol. The van der Waals surface area contributed by atoms with Gasteiger partial charge >= 0.3 is 5.97 Å². The van der Waals surface area contributed by atoms with E-state index in [1.807, 2.05) is 0 Å². The third-order valence-corrected chi connectivity index (χ3v) is 3.88. The van der Waals surface area contributed by atoms with E-state index in [0.29, 0.717) is 12.2 Å². The quantitative estimate of drug-likeness (QED) is 0.519. The van der Waals surface area contributed by atoms with E-state index in [1.165, 1.54) is 32.1 Å². The monoisotopic (exact) mass is 252 g/mol. The summed E-state index contributed by atoms with van der Waals surface area (Å²) in [6.07, 6.45) is 7.73. The molecule has 0 aromatic carbocycles. The van der Waals surface area contributed by atoms with Gasteiger partial charge in [0.05, 0.1) is 6.61 Å². The Balaban J connectivity index is 2.12. The number of ether oxygens (including phenoxy) is 1. The van der Waals surface area contributed by atoms with Crippen LogP contribution in [-0.2, 0) is 9.53 Å². The van der Waals surface area contributed by atoms with E-state index in [4.69, 9.17) is 4.74 Å². The molecule has 2 heteroatoms. The summed E-state index contributed by atoms with van der Waals surface area (Å²) in [4.78, 5) is 11.2. The van der Waals surface area contributed by atoms with Gasteiger partial charge in [0.2, 0.25) is 0 Å². The summed E-state index contributed by atoms with van der Waals surface area (Å²) in [5.41, 5.74) is 0.496. The van der Waals surface area contributed by atoms with Crippen LogP contribution in [0.3, 0.4) is 0 Å². The fraction of sp³-hybridized carbons (Fsp3) is 0.812. The first-order valence-electron chi connectivity index (χ1n) is 7.31. The maximum atomic E-state index is 11.2. The molecule has 1 aliphatic rings. The van der Waals surface area contributed by atoms with Crippen LogP contribution in [0.5, 0.6) is 0 Å². The molecule has 0 spiro atoms. The molecule has 1 aliphatic carbocycles. The molecule has 0 amide bonds. The minimum Gasteiger partial charge on any atom is -0.462 e. The molecule has 0 N–H and O–H groups in total. The van der Waals surface area contributed by atoms with Crippen LogP contribution >= 0.6 is 0 Å². The van der Waals surface area contributed by atoms with Gasteiger partial charge in [-0.1, -0.05) is 46.1 Å². The Bertz CT molecular complexity index is 273. The zero-order valence-electron chi connectivity index (χ0n) is 12.2. The number of hydrogen-bond acceptors (Lipinski definition) is 2. The largest absolute Gasteiger partial charge is 0.462 e. The van der Waals surface area contributed by atoms with Gasteiger partial charge in [0, 0.05) is 5.57 Å². The van der Waals surface area contributed by atoms with E-state index in [-0.39, 0.29) is 5.97 Å². The van der Waals surface area contributed by atoms with Crippen LogP contribution in [0, 0.1) is 17.8 Å². The van der Waals surface area contributed by atoms with E-state index < -0.39 is 0 Å². The van der Waals surface area contributed by atoms with Crippen molar-refractivity contribution in [1.82, 2.24) is 0 Å². The molecule has 0 unspecified atom stereocenters. The summed E-state index contributed by atoms with van der Waals surface area (Å²) >= 11 is 0. The molecule has 0 aliphatic heterocycles. The van der Waals surface area contributed by atoms with Crippen LogP contribution in [-0.4, -0.2) is 12.6 Å². The van der Waals surface area contributed by atoms with Crippen LogP contribution < -0.4 is 0 Å². The van der Waals surface area contributed by atoms with Crippen molar-refractivity contribution in [2.45, 2.75) is 59.3 Å². The Morgan fingerprint density at radius 3 is 2.28 bits per heavy atom. The zero-order valence-corrected chi connectivity index (χ0v) is 12.2. The Kier molecular flexibility index (Phi) is 6.45. The number of carbonyl (C=O) groups is 1. The lowest BCUT2D eigenvalue weighted by Gasteiger charge is -2.29. The second-order valence-electron chi connectivity index (χ2n) is 6.22. The molecular formula is C16H28O2. The molecule has 1 rings (SSSR count). The van der Waals surface area contributed by atoms with E-state index in [1.54, 1.807) is 6.92 Å². The summed E-state index contributed by atoms with van der Waals surface area (Å²) in [6, 6.07) is 0. The third kappa shape index (κ3) is 5.70. The van der Waals surface area contributed by atoms with Gasteiger partial charge in [-0.05, 0) is 37.5 Å². The Labute approximate surface area is 112 Å². The summed E-state index contributed by atoms with van der Waals surface area (Å²) in [5.74, 6) is 2.26. The van der Waals surface area contributed by atoms with Gasteiger partial charge in [-0.25, -0.2) is 4.79 Å². The molecular weight excluding hydrogens is 224 g/mol. The molecule has 0 atom stereocenters. The predicted octanol–water partition coefficient (Wildman–Crippen LogP) is 4.35. The lowest BCUT2D eigenvalue weighted by atomic mass is 9.77. The van der Waals surface area contributed by atoms with Crippen molar-refractivity contribution in [1.29, 1.82) is 0 Å². The molecule has 2 nitrogen and oxygen atoms in total.